The van der Waals surface area contributed by atoms with E-state index in [1.807, 2.05) is 0 Å². The Morgan fingerprint density at radius 3 is 2.50 bits per heavy atom. The number of carbonyl (C=O) groups is 2. The second-order valence-corrected chi connectivity index (χ2v) is 5.20. The minimum absolute atomic E-state index is 0.224. The van der Waals surface area contributed by atoms with Crippen molar-refractivity contribution in [2.24, 2.45) is 0 Å². The van der Waals surface area contributed by atoms with Gasteiger partial charge in [-0.15, -0.1) is 0 Å². The highest BCUT2D eigenvalue weighted by Crippen LogP contribution is 2.14. The second kappa shape index (κ2) is 5.68. The second-order valence-electron chi connectivity index (χ2n) is 5.20. The molecule has 1 amide bonds. The zero-order valence-corrected chi connectivity index (χ0v) is 11.4. The number of carboxylic acid groups (broad SMARTS) is 1. The summed E-state index contributed by atoms with van der Waals surface area (Å²) in [4.78, 5) is 34.0. The molecule has 0 atom stereocenters. The third-order valence-corrected chi connectivity index (χ3v) is 2.53. The van der Waals surface area contributed by atoms with Gasteiger partial charge in [0.1, 0.15) is 25.5 Å². The minimum atomic E-state index is -1.13. The van der Waals surface area contributed by atoms with Crippen LogP contribution in [0, 0.1) is 10.1 Å². The molecule has 1 aromatic heterocycles. The van der Waals surface area contributed by atoms with E-state index in [0.717, 1.165) is 17.1 Å². The Hall–Kier alpha value is -2.45. The van der Waals surface area contributed by atoms with Crippen LogP contribution in [0.15, 0.2) is 12.4 Å². The van der Waals surface area contributed by atoms with Crippen LogP contribution in [0.3, 0.4) is 0 Å². The van der Waals surface area contributed by atoms with E-state index in [-0.39, 0.29) is 12.2 Å². The van der Waals surface area contributed by atoms with Crippen molar-refractivity contribution in [2.75, 3.05) is 6.54 Å². The molecule has 1 heterocycles. The fourth-order valence-electron chi connectivity index (χ4n) is 1.59. The molecule has 0 spiro atoms. The lowest BCUT2D eigenvalue weighted by Gasteiger charge is -2.34. The van der Waals surface area contributed by atoms with Crippen LogP contribution >= 0.6 is 0 Å². The summed E-state index contributed by atoms with van der Waals surface area (Å²) in [5.41, 5.74) is -0.896. The number of aliphatic carboxylic acids is 1. The van der Waals surface area contributed by atoms with Gasteiger partial charge in [0, 0.05) is 5.54 Å². The number of amides is 1. The topological polar surface area (TPSA) is 119 Å². The molecule has 20 heavy (non-hydrogen) atoms. The van der Waals surface area contributed by atoms with Gasteiger partial charge in [-0.3, -0.25) is 24.4 Å². The quantitative estimate of drug-likeness (QED) is 0.621. The molecule has 1 rings (SSSR count). The summed E-state index contributed by atoms with van der Waals surface area (Å²) in [5.74, 6) is -1.60. The number of nitrogens with zero attached hydrogens (tertiary/aromatic N) is 4. The van der Waals surface area contributed by atoms with Crippen molar-refractivity contribution in [3.8, 4) is 0 Å². The van der Waals surface area contributed by atoms with Crippen molar-refractivity contribution in [2.45, 2.75) is 32.9 Å². The third kappa shape index (κ3) is 4.04. The maximum Gasteiger partial charge on any atom is 0.323 e. The SMILES string of the molecule is CC(C)(C)N(CC(=O)O)C(=O)Cn1cc([N+](=O)[O-])cn1. The lowest BCUT2D eigenvalue weighted by molar-refractivity contribution is -0.385. The Labute approximate surface area is 114 Å². The largest absolute Gasteiger partial charge is 0.480 e. The van der Waals surface area contributed by atoms with Crippen molar-refractivity contribution >= 4 is 17.6 Å². The van der Waals surface area contributed by atoms with E-state index in [9.17, 15) is 19.7 Å². The fraction of sp³-hybridized carbons (Fsp3) is 0.545. The van der Waals surface area contributed by atoms with Crippen LogP contribution in [0.25, 0.3) is 0 Å². The molecule has 110 valence electrons. The number of rotatable bonds is 5. The number of carbonyl (C=O) groups excluding carboxylic acids is 1. The highest BCUT2D eigenvalue weighted by atomic mass is 16.6. The van der Waals surface area contributed by atoms with Crippen molar-refractivity contribution < 1.29 is 19.6 Å². The van der Waals surface area contributed by atoms with Crippen molar-refractivity contribution in [3.05, 3.63) is 22.5 Å². The van der Waals surface area contributed by atoms with Crippen LogP contribution in [0.2, 0.25) is 0 Å². The van der Waals surface area contributed by atoms with Gasteiger partial charge in [-0.2, -0.15) is 5.10 Å². The zero-order chi connectivity index (χ0) is 15.5. The van der Waals surface area contributed by atoms with Crippen molar-refractivity contribution in [3.63, 3.8) is 0 Å². The average Bonchev–Trinajstić information content (AvgIpc) is 2.72. The Bertz CT molecular complexity index is 531. The first-order valence-corrected chi connectivity index (χ1v) is 5.80. The third-order valence-electron chi connectivity index (χ3n) is 2.53. The summed E-state index contributed by atoms with van der Waals surface area (Å²) in [6.45, 7) is 4.43. The van der Waals surface area contributed by atoms with Gasteiger partial charge in [0.2, 0.25) is 5.91 Å². The van der Waals surface area contributed by atoms with Crippen LogP contribution in [0.5, 0.6) is 0 Å². The molecule has 0 saturated heterocycles. The van der Waals surface area contributed by atoms with Gasteiger partial charge in [-0.05, 0) is 20.8 Å². The van der Waals surface area contributed by atoms with E-state index in [1.54, 1.807) is 20.8 Å². The molecule has 0 aliphatic carbocycles. The van der Waals surface area contributed by atoms with E-state index in [0.29, 0.717) is 0 Å². The van der Waals surface area contributed by atoms with Gasteiger partial charge < -0.3 is 10.0 Å². The molecule has 1 N–H and O–H groups in total. The molecule has 0 bridgehead atoms. The van der Waals surface area contributed by atoms with Crippen LogP contribution < -0.4 is 0 Å². The van der Waals surface area contributed by atoms with Crippen LogP contribution in [-0.4, -0.2) is 48.7 Å². The normalized spacial score (nSPS) is 11.2. The van der Waals surface area contributed by atoms with Gasteiger partial charge in [0.15, 0.2) is 0 Å². The molecule has 1 aromatic rings. The maximum absolute atomic E-state index is 12.1. The van der Waals surface area contributed by atoms with Gasteiger partial charge in [-0.25, -0.2) is 0 Å². The Balaban J connectivity index is 2.85. The van der Waals surface area contributed by atoms with Crippen molar-refractivity contribution in [1.29, 1.82) is 0 Å². The highest BCUT2D eigenvalue weighted by Gasteiger charge is 2.28. The Morgan fingerprint density at radius 1 is 1.50 bits per heavy atom. The molecule has 0 aliphatic rings. The van der Waals surface area contributed by atoms with Crippen LogP contribution in [0.4, 0.5) is 5.69 Å². The molecule has 0 unspecified atom stereocenters. The van der Waals surface area contributed by atoms with Gasteiger partial charge in [0.25, 0.3) is 0 Å². The number of aromatic nitrogens is 2. The molecule has 0 fully saturated rings. The van der Waals surface area contributed by atoms with E-state index in [4.69, 9.17) is 5.11 Å². The van der Waals surface area contributed by atoms with Crippen molar-refractivity contribution in [1.82, 2.24) is 14.7 Å². The molecule has 0 saturated carbocycles. The molecule has 0 aliphatic heterocycles. The van der Waals surface area contributed by atoms with E-state index < -0.39 is 28.9 Å². The van der Waals surface area contributed by atoms with E-state index in [2.05, 4.69) is 5.10 Å². The monoisotopic (exact) mass is 284 g/mol. The molecular weight excluding hydrogens is 268 g/mol. The first-order valence-electron chi connectivity index (χ1n) is 5.80. The number of hydrogen-bond acceptors (Lipinski definition) is 5. The standard InChI is InChI=1S/C11H16N4O5/c1-11(2,3)14(7-10(17)18)9(16)6-13-5-8(4-12-13)15(19)20/h4-5H,6-7H2,1-3H3,(H,17,18). The summed E-state index contributed by atoms with van der Waals surface area (Å²) in [5, 5.41) is 23.1. The molecule has 9 heteroatoms. The minimum Gasteiger partial charge on any atom is -0.480 e. The van der Waals surface area contributed by atoms with E-state index in [1.165, 1.54) is 4.90 Å². The first-order chi connectivity index (χ1) is 9.11. The predicted octanol–water partition coefficient (Wildman–Crippen LogP) is 0.503. The first kappa shape index (κ1) is 15.6. The summed E-state index contributed by atoms with van der Waals surface area (Å²) in [6, 6.07) is 0. The molecule has 9 nitrogen and oxygen atoms in total. The zero-order valence-electron chi connectivity index (χ0n) is 11.4. The van der Waals surface area contributed by atoms with Crippen LogP contribution in [-0.2, 0) is 16.1 Å². The Kier molecular flexibility index (Phi) is 4.43. The fourth-order valence-corrected chi connectivity index (χ4v) is 1.59. The average molecular weight is 284 g/mol. The number of nitro groups is 1. The summed E-state index contributed by atoms with van der Waals surface area (Å²) < 4.78 is 1.11. The highest BCUT2D eigenvalue weighted by molar-refractivity contribution is 5.81. The molecule has 0 radical (unpaired) electrons. The van der Waals surface area contributed by atoms with Gasteiger partial charge in [-0.1, -0.05) is 0 Å². The molecular formula is C11H16N4O5. The summed E-state index contributed by atoms with van der Waals surface area (Å²) in [6.07, 6.45) is 2.16. The summed E-state index contributed by atoms with van der Waals surface area (Å²) in [7, 11) is 0. The maximum atomic E-state index is 12.1. The predicted molar refractivity (Wildman–Crippen MR) is 68.0 cm³/mol. The van der Waals surface area contributed by atoms with Gasteiger partial charge >= 0.3 is 11.7 Å². The van der Waals surface area contributed by atoms with E-state index >= 15 is 0 Å². The van der Waals surface area contributed by atoms with Gasteiger partial charge in [0.05, 0.1) is 4.92 Å². The Morgan fingerprint density at radius 2 is 2.10 bits per heavy atom. The number of carboxylic acids is 1. The number of hydrogen-bond donors (Lipinski definition) is 1. The summed E-state index contributed by atoms with van der Waals surface area (Å²) >= 11 is 0. The lowest BCUT2D eigenvalue weighted by atomic mass is 10.1. The molecule has 0 aromatic carbocycles. The smallest absolute Gasteiger partial charge is 0.323 e. The van der Waals surface area contributed by atoms with Crippen LogP contribution in [0.1, 0.15) is 20.8 Å². The lowest BCUT2D eigenvalue weighted by Crippen LogP contribution is -2.49.